The molecule has 0 heterocycles. The zero-order valence-electron chi connectivity index (χ0n) is 20.4. The molecule has 0 bridgehead atoms. The fourth-order valence-electron chi connectivity index (χ4n) is 6.19. The molecule has 4 atom stereocenters. The van der Waals surface area contributed by atoms with Crippen molar-refractivity contribution in [2.24, 2.45) is 17.3 Å². The first-order valence-corrected chi connectivity index (χ1v) is 15.0. The van der Waals surface area contributed by atoms with E-state index in [1.807, 2.05) is 0 Å². The van der Waals surface area contributed by atoms with E-state index in [1.165, 1.54) is 24.6 Å². The van der Waals surface area contributed by atoms with Crippen molar-refractivity contribution in [1.29, 1.82) is 0 Å². The molecule has 0 radical (unpaired) electrons. The number of fused-ring (bicyclic) bond motifs is 1. The van der Waals surface area contributed by atoms with E-state index >= 15 is 0 Å². The van der Waals surface area contributed by atoms with E-state index in [9.17, 15) is 5.11 Å². The van der Waals surface area contributed by atoms with Crippen molar-refractivity contribution in [1.82, 2.24) is 0 Å². The minimum Gasteiger partial charge on any atom is -0.408 e. The van der Waals surface area contributed by atoms with Gasteiger partial charge in [-0.05, 0) is 80.3 Å². The van der Waals surface area contributed by atoms with Crippen molar-refractivity contribution in [3.63, 3.8) is 0 Å². The summed E-state index contributed by atoms with van der Waals surface area (Å²) in [4.78, 5) is 0. The van der Waals surface area contributed by atoms with Crippen molar-refractivity contribution >= 4 is 8.32 Å². The smallest absolute Gasteiger partial charge is 0.193 e. The number of rotatable bonds is 11. The van der Waals surface area contributed by atoms with Crippen molar-refractivity contribution < 1.29 is 9.53 Å². The number of hydrogen-bond donors (Lipinski definition) is 1. The summed E-state index contributed by atoms with van der Waals surface area (Å²) in [6.07, 6.45) is 14.8. The van der Waals surface area contributed by atoms with Crippen LogP contribution in [0, 0.1) is 17.3 Å². The lowest BCUT2D eigenvalue weighted by atomic mass is 9.63. The van der Waals surface area contributed by atoms with Crippen LogP contribution in [0.25, 0.3) is 0 Å². The Morgan fingerprint density at radius 3 is 2.38 bits per heavy atom. The van der Waals surface area contributed by atoms with Crippen LogP contribution in [0.3, 0.4) is 0 Å². The zero-order valence-corrected chi connectivity index (χ0v) is 21.4. The van der Waals surface area contributed by atoms with Gasteiger partial charge in [-0.25, -0.2) is 0 Å². The molecule has 0 aromatic carbocycles. The molecule has 2 aliphatic carbocycles. The van der Waals surface area contributed by atoms with Crippen LogP contribution in [0.5, 0.6) is 0 Å². The summed E-state index contributed by atoms with van der Waals surface area (Å²) in [5, 5.41) is 10.5. The predicted molar refractivity (Wildman–Crippen MR) is 129 cm³/mol. The molecule has 2 nitrogen and oxygen atoms in total. The summed E-state index contributed by atoms with van der Waals surface area (Å²) in [7, 11) is -1.63. The minimum atomic E-state index is -1.63. The van der Waals surface area contributed by atoms with Gasteiger partial charge in [-0.15, -0.1) is 0 Å². The molecule has 0 aromatic rings. The molecule has 2 aliphatic rings. The number of aliphatic hydroxyl groups excluding tert-OH is 1. The molecular weight excluding hydrogens is 372 g/mol. The Kier molecular flexibility index (Phi) is 8.82. The third-order valence-corrected chi connectivity index (χ3v) is 13.4. The molecule has 1 fully saturated rings. The zero-order chi connectivity index (χ0) is 21.7. The average molecular weight is 421 g/mol. The Balaban J connectivity index is 2.09. The second-order valence-corrected chi connectivity index (χ2v) is 14.7. The van der Waals surface area contributed by atoms with Crippen molar-refractivity contribution in [2.45, 2.75) is 123 Å². The maximum absolute atomic E-state index is 10.5. The van der Waals surface area contributed by atoms with Gasteiger partial charge in [0.2, 0.25) is 0 Å². The molecule has 0 unspecified atom stereocenters. The molecule has 0 saturated heterocycles. The SMILES string of the molecule is CCC(/C=C/C[C@H](C)C1=CC[C@H]2[C@@H](O)CCC[C@]12C)(CC)O[Si](CC)(CC)CC. The van der Waals surface area contributed by atoms with Gasteiger partial charge in [-0.3, -0.25) is 0 Å². The highest BCUT2D eigenvalue weighted by Gasteiger charge is 2.47. The predicted octanol–water partition coefficient (Wildman–Crippen LogP) is 7.65. The molecule has 29 heavy (non-hydrogen) atoms. The summed E-state index contributed by atoms with van der Waals surface area (Å²) in [5.74, 6) is 0.986. The van der Waals surface area contributed by atoms with Crippen LogP contribution < -0.4 is 0 Å². The standard InChI is InChI=1S/C26H48O2Si/c1-8-26(9-2,28-29(10-3,11-4)12-5)20-13-15-21(6)22-17-18-23-24(27)16-14-19-25(22,23)7/h13,17,20-21,23-24,27H,8-12,14-16,18-19H2,1-7H3/b20-13+/t21-,23-,24-,25+/m0/s1. The molecule has 0 aliphatic heterocycles. The second kappa shape index (κ2) is 10.3. The molecule has 3 heteroatoms. The minimum absolute atomic E-state index is 0.0918. The van der Waals surface area contributed by atoms with Crippen LogP contribution in [0.4, 0.5) is 0 Å². The first kappa shape index (κ1) is 24.9. The molecule has 1 N–H and O–H groups in total. The van der Waals surface area contributed by atoms with Gasteiger partial charge in [0.1, 0.15) is 0 Å². The fraction of sp³-hybridized carbons (Fsp3) is 0.846. The van der Waals surface area contributed by atoms with E-state index in [2.05, 4.69) is 66.7 Å². The lowest BCUT2D eigenvalue weighted by molar-refractivity contribution is 0.00804. The Bertz CT molecular complexity index is 565. The van der Waals surface area contributed by atoms with Gasteiger partial charge < -0.3 is 9.53 Å². The van der Waals surface area contributed by atoms with Crippen LogP contribution in [0.1, 0.15) is 93.4 Å². The molecule has 168 valence electrons. The normalized spacial score (nSPS) is 29.2. The van der Waals surface area contributed by atoms with Crippen LogP contribution in [0.2, 0.25) is 18.1 Å². The third-order valence-electron chi connectivity index (χ3n) is 8.72. The van der Waals surface area contributed by atoms with Gasteiger partial charge in [0, 0.05) is 0 Å². The number of hydrogen-bond acceptors (Lipinski definition) is 2. The van der Waals surface area contributed by atoms with Gasteiger partial charge in [-0.2, -0.15) is 0 Å². The Hall–Kier alpha value is -0.383. The highest BCUT2D eigenvalue weighted by molar-refractivity contribution is 6.73. The first-order chi connectivity index (χ1) is 13.7. The molecule has 0 spiro atoms. The summed E-state index contributed by atoms with van der Waals surface area (Å²) in [5.41, 5.74) is 1.72. The molecule has 0 aromatic heterocycles. The highest BCUT2D eigenvalue weighted by Crippen LogP contribution is 2.55. The maximum atomic E-state index is 10.5. The largest absolute Gasteiger partial charge is 0.408 e. The number of allylic oxidation sites excluding steroid dienone is 3. The Labute approximate surface area is 182 Å². The summed E-state index contributed by atoms with van der Waals surface area (Å²) in [6.45, 7) is 16.3. The van der Waals surface area contributed by atoms with E-state index in [1.54, 1.807) is 5.57 Å². The second-order valence-electron chi connectivity index (χ2n) is 10.0. The fourth-order valence-corrected chi connectivity index (χ4v) is 9.34. The molecule has 0 amide bonds. The van der Waals surface area contributed by atoms with Gasteiger partial charge in [0.25, 0.3) is 0 Å². The van der Waals surface area contributed by atoms with Crippen LogP contribution in [-0.2, 0) is 4.43 Å². The average Bonchev–Trinajstić information content (AvgIpc) is 3.09. The van der Waals surface area contributed by atoms with Crippen molar-refractivity contribution in [3.8, 4) is 0 Å². The van der Waals surface area contributed by atoms with E-state index < -0.39 is 8.32 Å². The third kappa shape index (κ3) is 5.10. The van der Waals surface area contributed by atoms with Crippen LogP contribution in [0.15, 0.2) is 23.8 Å². The van der Waals surface area contributed by atoms with E-state index in [0.29, 0.717) is 11.8 Å². The van der Waals surface area contributed by atoms with Gasteiger partial charge >= 0.3 is 0 Å². The number of aliphatic hydroxyl groups is 1. The summed E-state index contributed by atoms with van der Waals surface area (Å²) >= 11 is 0. The lowest BCUT2D eigenvalue weighted by Crippen LogP contribution is -2.46. The summed E-state index contributed by atoms with van der Waals surface area (Å²) in [6, 6.07) is 3.63. The molecule has 1 saturated carbocycles. The van der Waals surface area contributed by atoms with E-state index in [4.69, 9.17) is 4.43 Å². The lowest BCUT2D eigenvalue weighted by Gasteiger charge is -2.43. The maximum Gasteiger partial charge on any atom is 0.193 e. The van der Waals surface area contributed by atoms with Gasteiger partial charge in [0.05, 0.1) is 11.7 Å². The van der Waals surface area contributed by atoms with E-state index in [0.717, 1.165) is 38.5 Å². The quantitative estimate of drug-likeness (QED) is 0.275. The first-order valence-electron chi connectivity index (χ1n) is 12.5. The van der Waals surface area contributed by atoms with Crippen LogP contribution >= 0.6 is 0 Å². The molecule has 2 rings (SSSR count). The monoisotopic (exact) mass is 420 g/mol. The summed E-state index contributed by atoms with van der Waals surface area (Å²) < 4.78 is 7.00. The van der Waals surface area contributed by atoms with Gasteiger partial charge in [0.15, 0.2) is 8.32 Å². The van der Waals surface area contributed by atoms with Gasteiger partial charge in [-0.1, -0.05) is 72.3 Å². The van der Waals surface area contributed by atoms with E-state index in [-0.39, 0.29) is 17.1 Å². The Morgan fingerprint density at radius 2 is 1.83 bits per heavy atom. The van der Waals surface area contributed by atoms with Crippen molar-refractivity contribution in [2.75, 3.05) is 0 Å². The highest BCUT2D eigenvalue weighted by atomic mass is 28.4. The Morgan fingerprint density at radius 1 is 1.21 bits per heavy atom. The topological polar surface area (TPSA) is 29.5 Å². The van der Waals surface area contributed by atoms with Crippen LogP contribution in [-0.4, -0.2) is 25.1 Å². The molecular formula is C26H48O2Si. The van der Waals surface area contributed by atoms with Crippen molar-refractivity contribution in [3.05, 3.63) is 23.8 Å².